The van der Waals surface area contributed by atoms with Gasteiger partial charge in [-0.3, -0.25) is 9.69 Å². The molecule has 8 heteroatoms. The predicted octanol–water partition coefficient (Wildman–Crippen LogP) is 3.57. The molecule has 0 aliphatic carbocycles. The molecule has 3 aromatic rings. The van der Waals surface area contributed by atoms with Crippen molar-refractivity contribution >= 4 is 11.9 Å². The Bertz CT molecular complexity index is 1070. The summed E-state index contributed by atoms with van der Waals surface area (Å²) >= 11 is 0. The number of amides is 1. The molecule has 0 unspecified atom stereocenters. The Kier molecular flexibility index (Phi) is 6.61. The minimum Gasteiger partial charge on any atom is -0.492 e. The molecule has 166 valence electrons. The Morgan fingerprint density at radius 3 is 2.59 bits per heavy atom. The summed E-state index contributed by atoms with van der Waals surface area (Å²) < 4.78 is 18.9. The van der Waals surface area contributed by atoms with Crippen LogP contribution < -0.4 is 16.2 Å². The van der Waals surface area contributed by atoms with Crippen molar-refractivity contribution in [1.82, 2.24) is 14.9 Å². The van der Waals surface area contributed by atoms with Crippen molar-refractivity contribution in [3.05, 3.63) is 71.8 Å². The first kappa shape index (κ1) is 21.7. The lowest BCUT2D eigenvalue weighted by atomic mass is 9.93. The Balaban J connectivity index is 1.55. The third-order valence-corrected chi connectivity index (χ3v) is 5.71. The van der Waals surface area contributed by atoms with Gasteiger partial charge in [-0.2, -0.15) is 0 Å². The maximum atomic E-state index is 13.1. The largest absolute Gasteiger partial charge is 0.492 e. The highest BCUT2D eigenvalue weighted by Crippen LogP contribution is 2.35. The number of halogens is 1. The number of likely N-dealkylation sites (tertiary alicyclic amines) is 1. The number of rotatable bonds is 7. The molecule has 0 radical (unpaired) electrons. The minimum atomic E-state index is -0.468. The number of nitrogens with two attached hydrogens (primary N) is 2. The van der Waals surface area contributed by atoms with E-state index in [0.29, 0.717) is 24.5 Å². The number of primary amides is 1. The number of carbonyl (C=O) groups excluding carboxylic acids is 1. The molecule has 1 atom stereocenters. The molecule has 2 heterocycles. The molecule has 32 heavy (non-hydrogen) atoms. The van der Waals surface area contributed by atoms with Crippen LogP contribution in [-0.2, 0) is 0 Å². The summed E-state index contributed by atoms with van der Waals surface area (Å²) in [6.45, 7) is 2.10. The molecule has 1 amide bonds. The minimum absolute atomic E-state index is 0.0664. The number of benzene rings is 2. The zero-order valence-corrected chi connectivity index (χ0v) is 17.7. The van der Waals surface area contributed by atoms with Gasteiger partial charge in [-0.05, 0) is 61.3 Å². The lowest BCUT2D eigenvalue weighted by Gasteiger charge is -2.36. The van der Waals surface area contributed by atoms with E-state index in [1.54, 1.807) is 30.5 Å². The van der Waals surface area contributed by atoms with Crippen molar-refractivity contribution in [3.63, 3.8) is 0 Å². The Hall–Kier alpha value is -3.52. The summed E-state index contributed by atoms with van der Waals surface area (Å²) in [4.78, 5) is 22.6. The average Bonchev–Trinajstić information content (AvgIpc) is 2.81. The molecule has 0 saturated carbocycles. The number of hydrogen-bond acceptors (Lipinski definition) is 6. The lowest BCUT2D eigenvalue weighted by Crippen LogP contribution is -2.37. The zero-order chi connectivity index (χ0) is 22.5. The molecule has 1 fully saturated rings. The second kappa shape index (κ2) is 9.74. The van der Waals surface area contributed by atoms with E-state index in [1.165, 1.54) is 12.1 Å². The molecule has 2 aromatic carbocycles. The number of nitrogen functional groups attached to an aromatic ring is 1. The maximum Gasteiger partial charge on any atom is 0.248 e. The van der Waals surface area contributed by atoms with E-state index < -0.39 is 5.91 Å². The number of aromatic nitrogens is 2. The normalized spacial score (nSPS) is 16.6. The van der Waals surface area contributed by atoms with Crippen LogP contribution in [0.25, 0.3) is 11.1 Å². The van der Waals surface area contributed by atoms with Crippen LogP contribution in [0, 0.1) is 5.82 Å². The first-order valence-corrected chi connectivity index (χ1v) is 10.7. The van der Waals surface area contributed by atoms with E-state index in [0.717, 1.165) is 42.6 Å². The zero-order valence-electron chi connectivity index (χ0n) is 17.7. The standard InChI is InChI=1S/C24H26FN5O2/c25-18-8-10-19(11-9-18)32-14-13-30-12-2-1-3-21(30)22-20(15-28-24(27)29-22)16-4-6-17(7-5-16)23(26)31/h4-11,15,21H,1-3,12-14H2,(H2,26,31)(H2,27,28,29)/t21-/m0/s1. The van der Waals surface area contributed by atoms with Crippen LogP contribution in [0.4, 0.5) is 10.3 Å². The summed E-state index contributed by atoms with van der Waals surface area (Å²) in [7, 11) is 0. The molecule has 0 spiro atoms. The third kappa shape index (κ3) is 5.03. The second-order valence-corrected chi connectivity index (χ2v) is 7.82. The van der Waals surface area contributed by atoms with Gasteiger partial charge in [0.1, 0.15) is 18.2 Å². The molecule has 4 N–H and O–H groups in total. The van der Waals surface area contributed by atoms with Gasteiger partial charge in [0.15, 0.2) is 0 Å². The topological polar surface area (TPSA) is 107 Å². The van der Waals surface area contributed by atoms with Gasteiger partial charge in [-0.1, -0.05) is 18.6 Å². The second-order valence-electron chi connectivity index (χ2n) is 7.82. The summed E-state index contributed by atoms with van der Waals surface area (Å²) in [5.74, 6) is 0.114. The van der Waals surface area contributed by atoms with E-state index in [9.17, 15) is 9.18 Å². The number of carbonyl (C=O) groups is 1. The van der Waals surface area contributed by atoms with Gasteiger partial charge < -0.3 is 16.2 Å². The molecule has 4 rings (SSSR count). The Morgan fingerprint density at radius 2 is 1.88 bits per heavy atom. The van der Waals surface area contributed by atoms with Gasteiger partial charge in [0.25, 0.3) is 0 Å². The quantitative estimate of drug-likeness (QED) is 0.588. The van der Waals surface area contributed by atoms with Gasteiger partial charge in [-0.15, -0.1) is 0 Å². The van der Waals surface area contributed by atoms with Crippen molar-refractivity contribution in [1.29, 1.82) is 0 Å². The molecule has 1 aliphatic heterocycles. The molecule has 1 aliphatic rings. The summed E-state index contributed by atoms with van der Waals surface area (Å²) in [5, 5.41) is 0. The number of hydrogen-bond donors (Lipinski definition) is 2. The van der Waals surface area contributed by atoms with Crippen molar-refractivity contribution in [3.8, 4) is 16.9 Å². The fourth-order valence-electron chi connectivity index (χ4n) is 4.08. The van der Waals surface area contributed by atoms with Crippen LogP contribution in [0.15, 0.2) is 54.7 Å². The van der Waals surface area contributed by atoms with Crippen LogP contribution in [0.3, 0.4) is 0 Å². The van der Waals surface area contributed by atoms with E-state index >= 15 is 0 Å². The monoisotopic (exact) mass is 435 g/mol. The van der Waals surface area contributed by atoms with Gasteiger partial charge in [-0.25, -0.2) is 14.4 Å². The highest BCUT2D eigenvalue weighted by atomic mass is 19.1. The van der Waals surface area contributed by atoms with Crippen molar-refractivity contribution in [2.75, 3.05) is 25.4 Å². The summed E-state index contributed by atoms with van der Waals surface area (Å²) in [6, 6.07) is 13.2. The first-order chi connectivity index (χ1) is 15.5. The Morgan fingerprint density at radius 1 is 1.12 bits per heavy atom. The van der Waals surface area contributed by atoms with Crippen LogP contribution in [0.5, 0.6) is 5.75 Å². The van der Waals surface area contributed by atoms with E-state index in [-0.39, 0.29) is 17.8 Å². The average molecular weight is 436 g/mol. The molecule has 1 aromatic heterocycles. The molecule has 1 saturated heterocycles. The van der Waals surface area contributed by atoms with Crippen LogP contribution >= 0.6 is 0 Å². The summed E-state index contributed by atoms with van der Waals surface area (Å²) in [5.41, 5.74) is 14.4. The third-order valence-electron chi connectivity index (χ3n) is 5.71. The van der Waals surface area contributed by atoms with Crippen LogP contribution in [-0.4, -0.2) is 40.5 Å². The number of ether oxygens (including phenoxy) is 1. The number of piperidine rings is 1. The van der Waals surface area contributed by atoms with Crippen molar-refractivity contribution < 1.29 is 13.9 Å². The maximum absolute atomic E-state index is 13.1. The van der Waals surface area contributed by atoms with Crippen molar-refractivity contribution in [2.24, 2.45) is 5.73 Å². The molecular weight excluding hydrogens is 409 g/mol. The van der Waals surface area contributed by atoms with Gasteiger partial charge in [0.05, 0.1) is 11.7 Å². The molecular formula is C24H26FN5O2. The van der Waals surface area contributed by atoms with E-state index in [2.05, 4.69) is 14.9 Å². The van der Waals surface area contributed by atoms with Crippen LogP contribution in [0.2, 0.25) is 0 Å². The lowest BCUT2D eigenvalue weighted by molar-refractivity contribution is 0.100. The number of anilines is 1. The van der Waals surface area contributed by atoms with Gasteiger partial charge in [0.2, 0.25) is 11.9 Å². The van der Waals surface area contributed by atoms with Gasteiger partial charge >= 0.3 is 0 Å². The van der Waals surface area contributed by atoms with E-state index in [1.807, 2.05) is 12.1 Å². The SMILES string of the molecule is NC(=O)c1ccc(-c2cnc(N)nc2[C@@H]2CCCCN2CCOc2ccc(F)cc2)cc1. The highest BCUT2D eigenvalue weighted by molar-refractivity contribution is 5.93. The van der Waals surface area contributed by atoms with Crippen molar-refractivity contribution in [2.45, 2.75) is 25.3 Å². The van der Waals surface area contributed by atoms with Crippen LogP contribution in [0.1, 0.15) is 41.4 Å². The number of nitrogens with zero attached hydrogens (tertiary/aromatic N) is 3. The summed E-state index contributed by atoms with van der Waals surface area (Å²) in [6.07, 6.45) is 4.86. The Labute approximate surface area is 186 Å². The predicted molar refractivity (Wildman–Crippen MR) is 120 cm³/mol. The van der Waals surface area contributed by atoms with E-state index in [4.69, 9.17) is 16.2 Å². The highest BCUT2D eigenvalue weighted by Gasteiger charge is 2.28. The molecule has 0 bridgehead atoms. The smallest absolute Gasteiger partial charge is 0.248 e. The fourth-order valence-corrected chi connectivity index (χ4v) is 4.08. The van der Waals surface area contributed by atoms with Gasteiger partial charge in [0, 0.05) is 23.9 Å². The fraction of sp³-hybridized carbons (Fsp3) is 0.292. The first-order valence-electron chi connectivity index (χ1n) is 10.7. The molecule has 7 nitrogen and oxygen atoms in total.